The molecule has 0 aromatic heterocycles. The zero-order valence-corrected chi connectivity index (χ0v) is 23.1. The highest BCUT2D eigenvalue weighted by Gasteiger charge is 2.25. The fourth-order valence-corrected chi connectivity index (χ4v) is 5.55. The van der Waals surface area contributed by atoms with Crippen LogP contribution in [-0.4, -0.2) is 70.2 Å². The van der Waals surface area contributed by atoms with Crippen LogP contribution in [0.4, 0.5) is 21.9 Å². The van der Waals surface area contributed by atoms with Gasteiger partial charge in [0.25, 0.3) is 15.9 Å². The molecule has 1 heterocycles. The van der Waals surface area contributed by atoms with Crippen molar-refractivity contribution in [1.82, 2.24) is 9.80 Å². The van der Waals surface area contributed by atoms with Crippen molar-refractivity contribution in [2.45, 2.75) is 11.8 Å². The molecule has 208 valence electrons. The molecule has 2 N–H and O–H groups in total. The zero-order chi connectivity index (χ0) is 28.7. The minimum atomic E-state index is -3.95. The van der Waals surface area contributed by atoms with Gasteiger partial charge in [-0.15, -0.1) is 0 Å². The molecular weight excluding hydrogens is 530 g/mol. The molecule has 4 rings (SSSR count). The number of ether oxygens (including phenoxy) is 1. The van der Waals surface area contributed by atoms with Gasteiger partial charge in [-0.2, -0.15) is 0 Å². The number of sulfonamides is 1. The fourth-order valence-electron chi connectivity index (χ4n) is 4.30. The molecule has 3 aromatic rings. The third-order valence-electron chi connectivity index (χ3n) is 6.40. The monoisotopic (exact) mass is 561 g/mol. The Hall–Kier alpha value is -4.64. The number of carbonyl (C=O) groups excluding carboxylic acids is 2. The Balaban J connectivity index is 1.35. The normalized spacial score (nSPS) is 13.7. The van der Waals surface area contributed by atoms with E-state index in [1.165, 1.54) is 6.07 Å². The molecule has 1 aliphatic heterocycles. The molecule has 1 fully saturated rings. The quantitative estimate of drug-likeness (QED) is 0.381. The first-order chi connectivity index (χ1) is 19.2. The fraction of sp³-hybridized carbons (Fsp3) is 0.207. The molecule has 1 aliphatic rings. The summed E-state index contributed by atoms with van der Waals surface area (Å²) in [7, 11) is -2.38. The Morgan fingerprint density at radius 3 is 2.15 bits per heavy atom. The van der Waals surface area contributed by atoms with Crippen LogP contribution in [0.25, 0.3) is 6.08 Å². The van der Waals surface area contributed by atoms with E-state index in [9.17, 15) is 18.0 Å². The van der Waals surface area contributed by atoms with E-state index in [0.29, 0.717) is 54.4 Å². The topological polar surface area (TPSA) is 120 Å². The number of nitrogens with zero attached hydrogens (tertiary/aromatic N) is 3. The first kappa shape index (κ1) is 28.4. The van der Waals surface area contributed by atoms with Gasteiger partial charge in [0.1, 0.15) is 10.6 Å². The average Bonchev–Trinajstić information content (AvgIpc) is 2.97. The lowest BCUT2D eigenvalue weighted by atomic mass is 10.1. The van der Waals surface area contributed by atoms with Gasteiger partial charge in [-0.1, -0.05) is 24.3 Å². The number of amides is 3. The van der Waals surface area contributed by atoms with Crippen LogP contribution in [0.1, 0.15) is 22.8 Å². The molecule has 0 unspecified atom stereocenters. The number of allylic oxidation sites excluding steroid dienone is 1. The number of benzene rings is 3. The lowest BCUT2D eigenvalue weighted by Crippen LogP contribution is -2.51. The zero-order valence-electron chi connectivity index (χ0n) is 22.3. The number of nitrogens with one attached hydrogen (secondary N) is 2. The highest BCUT2D eigenvalue weighted by atomic mass is 32.2. The van der Waals surface area contributed by atoms with Crippen LogP contribution in [0.15, 0.2) is 82.7 Å². The average molecular weight is 562 g/mol. The van der Waals surface area contributed by atoms with Gasteiger partial charge in [0.2, 0.25) is 0 Å². The standard InChI is InChI=1S/C29H31N5O5S/c1-4-6-21-7-5-8-26(27(21)30-2)40(37,38)32-24-11-9-22(10-12-24)28(35)33-17-19-34(20-18-33)29(36)31-23-13-15-25(39-3)16-14-23/h4-16,32H,2,17-20H2,1,3H3,(H,31,36)/b6-4-. The Morgan fingerprint density at radius 1 is 0.925 bits per heavy atom. The van der Waals surface area contributed by atoms with Gasteiger partial charge in [0, 0.05) is 48.7 Å². The van der Waals surface area contributed by atoms with E-state index in [-0.39, 0.29) is 22.5 Å². The largest absolute Gasteiger partial charge is 0.497 e. The van der Waals surface area contributed by atoms with E-state index in [1.54, 1.807) is 89.7 Å². The van der Waals surface area contributed by atoms with Gasteiger partial charge in [0.15, 0.2) is 0 Å². The van der Waals surface area contributed by atoms with Crippen LogP contribution >= 0.6 is 0 Å². The Bertz CT molecular complexity index is 1510. The number of hydrogen-bond donors (Lipinski definition) is 2. The van der Waals surface area contributed by atoms with Crippen LogP contribution in [0.5, 0.6) is 5.75 Å². The number of hydrogen-bond acceptors (Lipinski definition) is 6. The molecule has 3 amide bonds. The van der Waals surface area contributed by atoms with E-state index in [4.69, 9.17) is 4.74 Å². The summed E-state index contributed by atoms with van der Waals surface area (Å²) in [5.74, 6) is 0.506. The van der Waals surface area contributed by atoms with Gasteiger partial charge in [-0.3, -0.25) is 14.5 Å². The van der Waals surface area contributed by atoms with Crippen LogP contribution < -0.4 is 14.8 Å². The number of anilines is 2. The summed E-state index contributed by atoms with van der Waals surface area (Å²) in [5, 5.41) is 2.85. The van der Waals surface area contributed by atoms with Crippen molar-refractivity contribution in [3.63, 3.8) is 0 Å². The molecule has 0 atom stereocenters. The number of aliphatic imine (C=N–C) groups is 1. The summed E-state index contributed by atoms with van der Waals surface area (Å²) in [5.41, 5.74) is 2.28. The number of carbonyl (C=O) groups is 2. The molecule has 10 nitrogen and oxygen atoms in total. The molecule has 0 bridgehead atoms. The maximum atomic E-state index is 13.1. The van der Waals surface area contributed by atoms with E-state index in [2.05, 4.69) is 21.7 Å². The number of urea groups is 1. The minimum Gasteiger partial charge on any atom is -0.497 e. The van der Waals surface area contributed by atoms with Gasteiger partial charge in [-0.05, 0) is 68.2 Å². The van der Waals surface area contributed by atoms with E-state index < -0.39 is 10.0 Å². The van der Waals surface area contributed by atoms with Gasteiger partial charge in [-0.25, -0.2) is 13.2 Å². The lowest BCUT2D eigenvalue weighted by molar-refractivity contribution is 0.0671. The smallest absolute Gasteiger partial charge is 0.321 e. The van der Waals surface area contributed by atoms with Crippen LogP contribution in [0.3, 0.4) is 0 Å². The third-order valence-corrected chi connectivity index (χ3v) is 7.82. The predicted octanol–water partition coefficient (Wildman–Crippen LogP) is 4.85. The molecule has 0 aliphatic carbocycles. The van der Waals surface area contributed by atoms with Crippen molar-refractivity contribution in [1.29, 1.82) is 0 Å². The first-order valence-corrected chi connectivity index (χ1v) is 14.1. The van der Waals surface area contributed by atoms with Gasteiger partial charge < -0.3 is 19.9 Å². The molecule has 11 heteroatoms. The lowest BCUT2D eigenvalue weighted by Gasteiger charge is -2.34. The molecule has 3 aromatic carbocycles. The Labute approximate surface area is 234 Å². The van der Waals surface area contributed by atoms with Crippen molar-refractivity contribution in [2.75, 3.05) is 43.3 Å². The van der Waals surface area contributed by atoms with Gasteiger partial charge in [0.05, 0.1) is 12.8 Å². The molecule has 0 saturated carbocycles. The van der Waals surface area contributed by atoms with E-state index >= 15 is 0 Å². The first-order valence-electron chi connectivity index (χ1n) is 12.6. The second-order valence-corrected chi connectivity index (χ2v) is 10.6. The number of para-hydroxylation sites is 1. The Kier molecular flexibility index (Phi) is 8.85. The number of methoxy groups -OCH3 is 1. The summed E-state index contributed by atoms with van der Waals surface area (Å²) >= 11 is 0. The summed E-state index contributed by atoms with van der Waals surface area (Å²) in [6.45, 7) is 6.88. The molecule has 0 spiro atoms. The second kappa shape index (κ2) is 12.5. The Morgan fingerprint density at radius 2 is 1.55 bits per heavy atom. The van der Waals surface area contributed by atoms with Crippen molar-refractivity contribution in [3.8, 4) is 5.75 Å². The predicted molar refractivity (Wildman–Crippen MR) is 157 cm³/mol. The van der Waals surface area contributed by atoms with Crippen molar-refractivity contribution in [3.05, 3.63) is 83.9 Å². The highest BCUT2D eigenvalue weighted by molar-refractivity contribution is 7.92. The highest BCUT2D eigenvalue weighted by Crippen LogP contribution is 2.30. The second-order valence-electron chi connectivity index (χ2n) is 8.97. The third kappa shape index (κ3) is 6.49. The minimum absolute atomic E-state index is 0.00662. The molecule has 40 heavy (non-hydrogen) atoms. The summed E-state index contributed by atoms with van der Waals surface area (Å²) in [6.07, 6.45) is 3.55. The van der Waals surface area contributed by atoms with Crippen molar-refractivity contribution < 1.29 is 22.7 Å². The summed E-state index contributed by atoms with van der Waals surface area (Å²) < 4.78 is 33.9. The molecule has 1 saturated heterocycles. The van der Waals surface area contributed by atoms with Crippen molar-refractivity contribution in [2.24, 2.45) is 4.99 Å². The maximum absolute atomic E-state index is 13.1. The number of rotatable bonds is 8. The SMILES string of the molecule is C=Nc1c(/C=C\C)cccc1S(=O)(=O)Nc1ccc(C(=O)N2CCN(C(=O)Nc3ccc(OC)cc3)CC2)cc1. The summed E-state index contributed by atoms with van der Waals surface area (Å²) in [6, 6.07) is 17.9. The molecule has 0 radical (unpaired) electrons. The van der Waals surface area contributed by atoms with Gasteiger partial charge >= 0.3 is 6.03 Å². The van der Waals surface area contributed by atoms with E-state index in [0.717, 1.165) is 0 Å². The van der Waals surface area contributed by atoms with E-state index in [1.807, 2.05) is 6.92 Å². The maximum Gasteiger partial charge on any atom is 0.321 e. The van der Waals surface area contributed by atoms with Crippen LogP contribution in [0.2, 0.25) is 0 Å². The molecular formula is C29H31N5O5S. The number of piperazine rings is 1. The summed E-state index contributed by atoms with van der Waals surface area (Å²) in [4.78, 5) is 32.9. The van der Waals surface area contributed by atoms with Crippen molar-refractivity contribution >= 4 is 51.8 Å². The van der Waals surface area contributed by atoms with Crippen LogP contribution in [0, 0.1) is 0 Å². The van der Waals surface area contributed by atoms with Crippen LogP contribution in [-0.2, 0) is 10.0 Å².